The molecule has 7 heteroatoms. The van der Waals surface area contributed by atoms with Gasteiger partial charge in [0.1, 0.15) is 12.4 Å². The Morgan fingerprint density at radius 1 is 1.30 bits per heavy atom. The van der Waals surface area contributed by atoms with E-state index in [9.17, 15) is 14.0 Å². The molecule has 1 aromatic rings. The number of hydrogen-bond acceptors (Lipinski definition) is 4. The molecular weight excluding hydrogens is 285 g/mol. The van der Waals surface area contributed by atoms with Crippen molar-refractivity contribution in [2.45, 2.75) is 11.3 Å². The second-order valence-corrected chi connectivity index (χ2v) is 5.02. The summed E-state index contributed by atoms with van der Waals surface area (Å²) in [6, 6.07) is 6.08. The van der Waals surface area contributed by atoms with E-state index in [4.69, 9.17) is 9.84 Å². The number of amides is 1. The zero-order chi connectivity index (χ0) is 14.8. The van der Waals surface area contributed by atoms with Crippen LogP contribution in [0.1, 0.15) is 6.42 Å². The summed E-state index contributed by atoms with van der Waals surface area (Å²) < 4.78 is 17.4. The Balaban J connectivity index is 2.05. The molecule has 0 saturated heterocycles. The van der Waals surface area contributed by atoms with Gasteiger partial charge < -0.3 is 15.2 Å². The summed E-state index contributed by atoms with van der Waals surface area (Å²) in [7, 11) is 0. The zero-order valence-electron chi connectivity index (χ0n) is 10.8. The lowest BCUT2D eigenvalue weighted by atomic mass is 10.4. The Morgan fingerprint density at radius 3 is 2.65 bits per heavy atom. The molecule has 1 rings (SSSR count). The van der Waals surface area contributed by atoms with Crippen LogP contribution < -0.4 is 5.32 Å². The molecule has 0 spiro atoms. The van der Waals surface area contributed by atoms with Gasteiger partial charge in [0.2, 0.25) is 5.91 Å². The number of nitrogens with one attached hydrogen (secondary N) is 1. The fraction of sp³-hybridized carbons (Fsp3) is 0.385. The van der Waals surface area contributed by atoms with Gasteiger partial charge in [0.05, 0.1) is 6.61 Å². The lowest BCUT2D eigenvalue weighted by Crippen LogP contribution is -2.28. The van der Waals surface area contributed by atoms with Gasteiger partial charge in [-0.1, -0.05) is 0 Å². The molecule has 20 heavy (non-hydrogen) atoms. The molecule has 5 nitrogen and oxygen atoms in total. The molecule has 1 aromatic carbocycles. The molecule has 0 saturated carbocycles. The summed E-state index contributed by atoms with van der Waals surface area (Å²) in [6.07, 6.45) is 0.334. The van der Waals surface area contributed by atoms with Crippen LogP contribution in [0, 0.1) is 5.82 Å². The smallest absolute Gasteiger partial charge is 0.329 e. The van der Waals surface area contributed by atoms with E-state index in [-0.39, 0.29) is 31.5 Å². The standard InChI is InChI=1S/C13H16FNO4S/c14-10-1-3-11(4-2-10)20-8-5-12(16)15-6-7-19-9-13(17)18/h1-4H,5-9H2,(H,15,16)(H,17,18). The number of thioether (sulfide) groups is 1. The predicted octanol–water partition coefficient (Wildman–Crippen LogP) is 1.53. The number of ether oxygens (including phenoxy) is 1. The van der Waals surface area contributed by atoms with Gasteiger partial charge >= 0.3 is 5.97 Å². The van der Waals surface area contributed by atoms with Crippen molar-refractivity contribution in [3.05, 3.63) is 30.1 Å². The first-order valence-electron chi connectivity index (χ1n) is 6.02. The van der Waals surface area contributed by atoms with E-state index >= 15 is 0 Å². The van der Waals surface area contributed by atoms with Crippen molar-refractivity contribution in [1.82, 2.24) is 5.32 Å². The van der Waals surface area contributed by atoms with Crippen molar-refractivity contribution in [3.63, 3.8) is 0 Å². The average molecular weight is 301 g/mol. The van der Waals surface area contributed by atoms with E-state index in [2.05, 4.69) is 5.32 Å². The molecule has 1 amide bonds. The third-order valence-electron chi connectivity index (χ3n) is 2.21. The average Bonchev–Trinajstić information content (AvgIpc) is 2.40. The molecule has 0 atom stereocenters. The van der Waals surface area contributed by atoms with Crippen LogP contribution in [0.3, 0.4) is 0 Å². The molecule has 0 unspecified atom stereocenters. The maximum absolute atomic E-state index is 12.7. The van der Waals surface area contributed by atoms with Crippen molar-refractivity contribution < 1.29 is 23.8 Å². The number of carboxylic acids is 1. The highest BCUT2D eigenvalue weighted by molar-refractivity contribution is 7.99. The Hall–Kier alpha value is -1.60. The predicted molar refractivity (Wildman–Crippen MR) is 73.2 cm³/mol. The molecule has 110 valence electrons. The van der Waals surface area contributed by atoms with Gasteiger partial charge in [-0.3, -0.25) is 4.79 Å². The van der Waals surface area contributed by atoms with Crippen molar-refractivity contribution in [1.29, 1.82) is 0 Å². The van der Waals surface area contributed by atoms with E-state index in [0.717, 1.165) is 4.90 Å². The SMILES string of the molecule is O=C(O)COCCNC(=O)CCSc1ccc(F)cc1. The third-order valence-corrected chi connectivity index (χ3v) is 3.22. The van der Waals surface area contributed by atoms with Crippen LogP contribution in [0.2, 0.25) is 0 Å². The summed E-state index contributed by atoms with van der Waals surface area (Å²) in [4.78, 5) is 22.5. The van der Waals surface area contributed by atoms with Crippen LogP contribution in [0.5, 0.6) is 0 Å². The van der Waals surface area contributed by atoms with Crippen molar-refractivity contribution in [2.24, 2.45) is 0 Å². The van der Waals surface area contributed by atoms with Crippen LogP contribution in [0.4, 0.5) is 4.39 Å². The molecule has 0 aromatic heterocycles. The van der Waals surface area contributed by atoms with Crippen LogP contribution in [0.15, 0.2) is 29.2 Å². The molecule has 2 N–H and O–H groups in total. The molecule has 0 aliphatic heterocycles. The van der Waals surface area contributed by atoms with E-state index in [1.807, 2.05) is 0 Å². The Labute approximate surface area is 120 Å². The molecule has 0 bridgehead atoms. The van der Waals surface area contributed by atoms with Gasteiger partial charge in [0.15, 0.2) is 0 Å². The molecular formula is C13H16FNO4S. The van der Waals surface area contributed by atoms with Gasteiger partial charge in [-0.2, -0.15) is 0 Å². The van der Waals surface area contributed by atoms with E-state index in [0.29, 0.717) is 12.2 Å². The minimum atomic E-state index is -1.04. The number of hydrogen-bond donors (Lipinski definition) is 2. The minimum Gasteiger partial charge on any atom is -0.480 e. The fourth-order valence-electron chi connectivity index (χ4n) is 1.30. The Bertz CT molecular complexity index is 439. The summed E-state index contributed by atoms with van der Waals surface area (Å²) in [5.41, 5.74) is 0. The number of carboxylic acid groups (broad SMARTS) is 1. The van der Waals surface area contributed by atoms with E-state index in [1.165, 1.54) is 23.9 Å². The minimum absolute atomic E-state index is 0.126. The molecule has 0 radical (unpaired) electrons. The van der Waals surface area contributed by atoms with E-state index < -0.39 is 5.97 Å². The highest BCUT2D eigenvalue weighted by Crippen LogP contribution is 2.18. The van der Waals surface area contributed by atoms with Gasteiger partial charge in [-0.15, -0.1) is 11.8 Å². The largest absolute Gasteiger partial charge is 0.480 e. The van der Waals surface area contributed by atoms with Crippen LogP contribution in [-0.4, -0.2) is 42.5 Å². The number of rotatable bonds is 9. The van der Waals surface area contributed by atoms with Crippen LogP contribution in [0.25, 0.3) is 0 Å². The highest BCUT2D eigenvalue weighted by Gasteiger charge is 2.02. The second kappa shape index (κ2) is 9.33. The maximum atomic E-state index is 12.7. The van der Waals surface area contributed by atoms with Crippen molar-refractivity contribution >= 4 is 23.6 Å². The monoisotopic (exact) mass is 301 g/mol. The van der Waals surface area contributed by atoms with Crippen LogP contribution >= 0.6 is 11.8 Å². The lowest BCUT2D eigenvalue weighted by Gasteiger charge is -2.05. The summed E-state index contributed by atoms with van der Waals surface area (Å²) >= 11 is 1.47. The normalized spacial score (nSPS) is 10.2. The number of halogens is 1. The summed E-state index contributed by atoms with van der Waals surface area (Å²) in [6.45, 7) is 0.0900. The zero-order valence-corrected chi connectivity index (χ0v) is 11.6. The quantitative estimate of drug-likeness (QED) is 0.534. The Morgan fingerprint density at radius 2 is 2.00 bits per heavy atom. The second-order valence-electron chi connectivity index (χ2n) is 3.85. The molecule has 0 fully saturated rings. The number of carbonyl (C=O) groups excluding carboxylic acids is 1. The number of carbonyl (C=O) groups is 2. The summed E-state index contributed by atoms with van der Waals surface area (Å²) in [5, 5.41) is 10.9. The first-order chi connectivity index (χ1) is 9.58. The highest BCUT2D eigenvalue weighted by atomic mass is 32.2. The van der Waals surface area contributed by atoms with Gasteiger partial charge in [-0.25, -0.2) is 9.18 Å². The first kappa shape index (κ1) is 16.5. The fourth-order valence-corrected chi connectivity index (χ4v) is 2.15. The van der Waals surface area contributed by atoms with E-state index in [1.54, 1.807) is 12.1 Å². The van der Waals surface area contributed by atoms with Gasteiger partial charge in [0.25, 0.3) is 0 Å². The lowest BCUT2D eigenvalue weighted by molar-refractivity contribution is -0.142. The number of aliphatic carboxylic acids is 1. The number of benzene rings is 1. The third kappa shape index (κ3) is 7.75. The topological polar surface area (TPSA) is 75.6 Å². The van der Waals surface area contributed by atoms with Crippen molar-refractivity contribution in [2.75, 3.05) is 25.5 Å². The maximum Gasteiger partial charge on any atom is 0.329 e. The summed E-state index contributed by atoms with van der Waals surface area (Å²) in [5.74, 6) is -0.855. The van der Waals surface area contributed by atoms with Crippen molar-refractivity contribution in [3.8, 4) is 0 Å². The van der Waals surface area contributed by atoms with Crippen LogP contribution in [-0.2, 0) is 14.3 Å². The molecule has 0 aliphatic rings. The first-order valence-corrected chi connectivity index (χ1v) is 7.01. The Kier molecular flexibility index (Phi) is 7.67. The van der Waals surface area contributed by atoms with Gasteiger partial charge in [0, 0.05) is 23.6 Å². The molecule has 0 aliphatic carbocycles. The van der Waals surface area contributed by atoms with Gasteiger partial charge in [-0.05, 0) is 24.3 Å². The molecule has 0 heterocycles.